The molecule has 6 heteroatoms. The summed E-state index contributed by atoms with van der Waals surface area (Å²) in [6.07, 6.45) is 0. The Balaban J connectivity index is 2.08. The molecule has 5 nitrogen and oxygen atoms in total. The number of thioether (sulfide) groups is 1. The Morgan fingerprint density at radius 2 is 1.72 bits per heavy atom. The predicted molar refractivity (Wildman–Crippen MR) is 102 cm³/mol. The lowest BCUT2D eigenvalue weighted by atomic mass is 10.2. The van der Waals surface area contributed by atoms with E-state index >= 15 is 0 Å². The van der Waals surface area contributed by atoms with Crippen LogP contribution in [-0.2, 0) is 0 Å². The minimum Gasteiger partial charge on any atom is -0.268 e. The number of fused-ring (bicyclic) bond motifs is 3. The molecule has 0 saturated heterocycles. The van der Waals surface area contributed by atoms with E-state index in [1.807, 2.05) is 59.0 Å². The van der Waals surface area contributed by atoms with Crippen molar-refractivity contribution in [1.29, 1.82) is 0 Å². The third-order valence-corrected chi connectivity index (χ3v) is 5.31. The third kappa shape index (κ3) is 2.72. The third-order valence-electron chi connectivity index (χ3n) is 3.95. The van der Waals surface area contributed by atoms with Crippen molar-refractivity contribution in [2.24, 2.45) is 5.92 Å². The standard InChI is InChI=1S/C19H18N4OS/c1-13(2)12-25-19-21-20-18-22(14-8-4-3-5-9-14)17(24)15-10-6-7-11-16(15)23(18)19/h3-11,13H,12H2,1-2H3. The number of nitrogens with zero attached hydrogens (tertiary/aromatic N) is 4. The average Bonchev–Trinajstić information content (AvgIpc) is 3.05. The molecule has 2 aromatic heterocycles. The van der Waals surface area contributed by atoms with Gasteiger partial charge < -0.3 is 0 Å². The van der Waals surface area contributed by atoms with Crippen molar-refractivity contribution < 1.29 is 0 Å². The van der Waals surface area contributed by atoms with Gasteiger partial charge >= 0.3 is 0 Å². The van der Waals surface area contributed by atoms with Gasteiger partial charge in [-0.15, -0.1) is 10.2 Å². The zero-order valence-corrected chi connectivity index (χ0v) is 14.9. The summed E-state index contributed by atoms with van der Waals surface area (Å²) in [5, 5.41) is 10.2. The predicted octanol–water partition coefficient (Wildman–Crippen LogP) is 3.78. The zero-order valence-electron chi connectivity index (χ0n) is 14.1. The van der Waals surface area contributed by atoms with E-state index < -0.39 is 0 Å². The lowest BCUT2D eigenvalue weighted by Crippen LogP contribution is -2.21. The second kappa shape index (κ2) is 6.37. The van der Waals surface area contributed by atoms with Crippen LogP contribution in [0.5, 0.6) is 0 Å². The number of para-hydroxylation sites is 2. The van der Waals surface area contributed by atoms with E-state index in [1.54, 1.807) is 16.3 Å². The second-order valence-electron chi connectivity index (χ2n) is 6.32. The molecule has 4 aromatic rings. The van der Waals surface area contributed by atoms with E-state index in [0.717, 1.165) is 22.1 Å². The molecule has 0 amide bonds. The van der Waals surface area contributed by atoms with E-state index in [2.05, 4.69) is 24.0 Å². The molecule has 0 spiro atoms. The number of benzene rings is 2. The molecule has 126 valence electrons. The van der Waals surface area contributed by atoms with Gasteiger partial charge in [0.15, 0.2) is 5.16 Å². The van der Waals surface area contributed by atoms with Gasteiger partial charge in [-0.25, -0.2) is 4.57 Å². The van der Waals surface area contributed by atoms with Crippen molar-refractivity contribution in [2.75, 3.05) is 5.75 Å². The molecule has 0 saturated carbocycles. The largest absolute Gasteiger partial charge is 0.268 e. The van der Waals surface area contributed by atoms with Crippen LogP contribution >= 0.6 is 11.8 Å². The van der Waals surface area contributed by atoms with Gasteiger partial charge in [0.25, 0.3) is 5.56 Å². The van der Waals surface area contributed by atoms with Crippen LogP contribution < -0.4 is 5.56 Å². The van der Waals surface area contributed by atoms with Gasteiger partial charge in [-0.2, -0.15) is 0 Å². The molecule has 2 aromatic carbocycles. The summed E-state index contributed by atoms with van der Waals surface area (Å²) in [7, 11) is 0. The van der Waals surface area contributed by atoms with Gasteiger partial charge in [-0.05, 0) is 30.2 Å². The maximum Gasteiger partial charge on any atom is 0.267 e. The first-order valence-electron chi connectivity index (χ1n) is 8.24. The van der Waals surface area contributed by atoms with Crippen LogP contribution in [0.15, 0.2) is 64.5 Å². The van der Waals surface area contributed by atoms with Crippen LogP contribution in [0.4, 0.5) is 0 Å². The minimum atomic E-state index is -0.0814. The molecular weight excluding hydrogens is 332 g/mol. The normalized spacial score (nSPS) is 11.6. The molecule has 25 heavy (non-hydrogen) atoms. The number of hydrogen-bond acceptors (Lipinski definition) is 4. The van der Waals surface area contributed by atoms with Crippen molar-refractivity contribution in [3.8, 4) is 5.69 Å². The van der Waals surface area contributed by atoms with E-state index in [1.165, 1.54) is 0 Å². The van der Waals surface area contributed by atoms with Gasteiger partial charge in [0.1, 0.15) is 0 Å². The molecule has 0 fully saturated rings. The summed E-state index contributed by atoms with van der Waals surface area (Å²) in [5.41, 5.74) is 1.55. The maximum atomic E-state index is 13.1. The van der Waals surface area contributed by atoms with Crippen LogP contribution in [0.1, 0.15) is 13.8 Å². The first-order valence-corrected chi connectivity index (χ1v) is 9.22. The highest BCUT2D eigenvalue weighted by Gasteiger charge is 2.17. The van der Waals surface area contributed by atoms with Crippen LogP contribution in [0.3, 0.4) is 0 Å². The lowest BCUT2D eigenvalue weighted by Gasteiger charge is -2.11. The van der Waals surface area contributed by atoms with E-state index in [9.17, 15) is 4.79 Å². The first-order chi connectivity index (χ1) is 12.2. The van der Waals surface area contributed by atoms with Gasteiger partial charge in [-0.3, -0.25) is 9.20 Å². The van der Waals surface area contributed by atoms with Gasteiger partial charge in [-0.1, -0.05) is 55.9 Å². The molecule has 0 unspecified atom stereocenters. The Morgan fingerprint density at radius 1 is 1.00 bits per heavy atom. The smallest absolute Gasteiger partial charge is 0.267 e. The summed E-state index contributed by atoms with van der Waals surface area (Å²) in [4.78, 5) is 13.1. The van der Waals surface area contributed by atoms with Crippen LogP contribution in [0.25, 0.3) is 22.4 Å². The Hall–Kier alpha value is -2.60. The summed E-state index contributed by atoms with van der Waals surface area (Å²) in [6, 6.07) is 17.2. The molecule has 0 aliphatic heterocycles. The van der Waals surface area contributed by atoms with Crippen molar-refractivity contribution >= 4 is 28.4 Å². The summed E-state index contributed by atoms with van der Waals surface area (Å²) in [6.45, 7) is 4.35. The van der Waals surface area contributed by atoms with E-state index in [-0.39, 0.29) is 5.56 Å². The monoisotopic (exact) mass is 350 g/mol. The molecule has 4 rings (SSSR count). The summed E-state index contributed by atoms with van der Waals surface area (Å²) < 4.78 is 3.62. The number of hydrogen-bond donors (Lipinski definition) is 0. The Labute approximate surface area is 149 Å². The SMILES string of the molecule is CC(C)CSc1nnc2n(-c3ccccc3)c(=O)c3ccccc3n12. The molecule has 0 aliphatic rings. The molecular formula is C19H18N4OS. The number of aromatic nitrogens is 4. The van der Waals surface area contributed by atoms with Crippen LogP contribution in [0, 0.1) is 5.92 Å². The highest BCUT2D eigenvalue weighted by Crippen LogP contribution is 2.24. The van der Waals surface area contributed by atoms with Crippen LogP contribution in [0.2, 0.25) is 0 Å². The molecule has 0 radical (unpaired) electrons. The van der Waals surface area contributed by atoms with E-state index in [0.29, 0.717) is 17.1 Å². The second-order valence-corrected chi connectivity index (χ2v) is 7.30. The Kier molecular flexibility index (Phi) is 4.05. The highest BCUT2D eigenvalue weighted by atomic mass is 32.2. The van der Waals surface area contributed by atoms with Crippen molar-refractivity contribution in [1.82, 2.24) is 19.2 Å². The molecule has 0 bridgehead atoms. The fraction of sp³-hybridized carbons (Fsp3) is 0.211. The van der Waals surface area contributed by atoms with Crippen molar-refractivity contribution in [3.05, 3.63) is 65.0 Å². The molecule has 0 aliphatic carbocycles. The maximum absolute atomic E-state index is 13.1. The fourth-order valence-electron chi connectivity index (χ4n) is 2.82. The lowest BCUT2D eigenvalue weighted by molar-refractivity contribution is 0.747. The van der Waals surface area contributed by atoms with Gasteiger partial charge in [0, 0.05) is 5.75 Å². The quantitative estimate of drug-likeness (QED) is 0.526. The van der Waals surface area contributed by atoms with Crippen LogP contribution in [-0.4, -0.2) is 24.9 Å². The Morgan fingerprint density at radius 3 is 2.48 bits per heavy atom. The highest BCUT2D eigenvalue weighted by molar-refractivity contribution is 7.99. The van der Waals surface area contributed by atoms with Gasteiger partial charge in [0.05, 0.1) is 16.6 Å². The van der Waals surface area contributed by atoms with Gasteiger partial charge in [0.2, 0.25) is 5.78 Å². The van der Waals surface area contributed by atoms with Crippen molar-refractivity contribution in [3.63, 3.8) is 0 Å². The topological polar surface area (TPSA) is 52.2 Å². The fourth-order valence-corrected chi connectivity index (χ4v) is 3.71. The molecule has 0 N–H and O–H groups in total. The Bertz CT molecular complexity index is 1100. The van der Waals surface area contributed by atoms with Crippen molar-refractivity contribution in [2.45, 2.75) is 19.0 Å². The average molecular weight is 350 g/mol. The minimum absolute atomic E-state index is 0.0814. The number of rotatable bonds is 4. The zero-order chi connectivity index (χ0) is 17.4. The molecule has 0 atom stereocenters. The summed E-state index contributed by atoms with van der Waals surface area (Å²) >= 11 is 1.66. The first kappa shape index (κ1) is 15.9. The molecule has 2 heterocycles. The van der Waals surface area contributed by atoms with E-state index in [4.69, 9.17) is 0 Å². The summed E-state index contributed by atoms with van der Waals surface area (Å²) in [5.74, 6) is 2.03.